The number of nitrogens with one attached hydrogen (secondary N) is 1. The summed E-state index contributed by atoms with van der Waals surface area (Å²) in [5.74, 6) is 0.683. The molecule has 1 aromatic heterocycles. The average Bonchev–Trinajstić information content (AvgIpc) is 3.28. The second kappa shape index (κ2) is 10.5. The number of carbonyl (C=O) groups is 1. The molecule has 1 N–H and O–H groups in total. The number of para-hydroxylation sites is 1. The predicted molar refractivity (Wildman–Crippen MR) is 138 cm³/mol. The van der Waals surface area contributed by atoms with Crippen LogP contribution in [0.5, 0.6) is 0 Å². The summed E-state index contributed by atoms with van der Waals surface area (Å²) < 4.78 is 1.97. The normalized spacial score (nSPS) is 11.6. The van der Waals surface area contributed by atoms with Gasteiger partial charge in [0.15, 0.2) is 11.0 Å². The molecule has 1 amide bonds. The van der Waals surface area contributed by atoms with Crippen molar-refractivity contribution < 1.29 is 4.79 Å². The lowest BCUT2D eigenvalue weighted by atomic mass is 9.87. The Bertz CT molecular complexity index is 1260. The number of amides is 1. The molecule has 0 saturated carbocycles. The second-order valence-corrected chi connectivity index (χ2v) is 9.74. The van der Waals surface area contributed by atoms with Gasteiger partial charge in [0, 0.05) is 11.3 Å². The van der Waals surface area contributed by atoms with E-state index in [0.717, 1.165) is 22.6 Å². The van der Waals surface area contributed by atoms with Gasteiger partial charge in [0.1, 0.15) is 0 Å². The van der Waals surface area contributed by atoms with Crippen molar-refractivity contribution in [2.45, 2.75) is 31.3 Å². The first-order valence-corrected chi connectivity index (χ1v) is 12.0. The zero-order chi connectivity index (χ0) is 24.0. The highest BCUT2D eigenvalue weighted by Gasteiger charge is 2.17. The van der Waals surface area contributed by atoms with Gasteiger partial charge < -0.3 is 0 Å². The highest BCUT2D eigenvalue weighted by Crippen LogP contribution is 2.27. The number of hydrazone groups is 1. The number of hydrogen-bond donors (Lipinski definition) is 1. The molecule has 0 fully saturated rings. The summed E-state index contributed by atoms with van der Waals surface area (Å²) in [5, 5.41) is 13.5. The molecule has 0 spiro atoms. The Morgan fingerprint density at radius 3 is 2.24 bits per heavy atom. The van der Waals surface area contributed by atoms with Crippen LogP contribution in [-0.4, -0.2) is 32.6 Å². The van der Waals surface area contributed by atoms with Crippen molar-refractivity contribution in [2.75, 3.05) is 5.75 Å². The maximum absolute atomic E-state index is 12.4. The molecule has 0 aliphatic carbocycles. The van der Waals surface area contributed by atoms with Crippen LogP contribution in [0.25, 0.3) is 17.1 Å². The van der Waals surface area contributed by atoms with Crippen LogP contribution in [0, 0.1) is 0 Å². The smallest absolute Gasteiger partial charge is 0.250 e. The van der Waals surface area contributed by atoms with Crippen LogP contribution in [-0.2, 0) is 10.2 Å². The van der Waals surface area contributed by atoms with Crippen molar-refractivity contribution >= 4 is 23.9 Å². The van der Waals surface area contributed by atoms with Crippen LogP contribution in [0.3, 0.4) is 0 Å². The summed E-state index contributed by atoms with van der Waals surface area (Å²) in [4.78, 5) is 12.4. The van der Waals surface area contributed by atoms with Gasteiger partial charge in [-0.25, -0.2) is 5.43 Å². The largest absolute Gasteiger partial charge is 0.272 e. The third-order valence-corrected chi connectivity index (χ3v) is 6.12. The molecule has 4 rings (SSSR count). The first-order valence-electron chi connectivity index (χ1n) is 11.0. The Balaban J connectivity index is 1.43. The third kappa shape index (κ3) is 5.80. The van der Waals surface area contributed by atoms with E-state index in [2.05, 4.69) is 53.6 Å². The van der Waals surface area contributed by atoms with E-state index < -0.39 is 0 Å². The maximum Gasteiger partial charge on any atom is 0.250 e. The molecule has 3 aromatic carbocycles. The Kier molecular flexibility index (Phi) is 7.23. The third-order valence-electron chi connectivity index (χ3n) is 5.19. The molecule has 34 heavy (non-hydrogen) atoms. The standard InChI is InChI=1S/C27H27N5OS/c1-27(2,3)22-16-14-20(15-17-22)18-28-29-24(33)19-34-26-31-30-25(21-10-6-4-7-11-21)32(26)23-12-8-5-9-13-23/h4-18H,19H2,1-3H3,(H,29,33). The van der Waals surface area contributed by atoms with Gasteiger partial charge in [-0.05, 0) is 28.7 Å². The first-order chi connectivity index (χ1) is 16.4. The van der Waals surface area contributed by atoms with Gasteiger partial charge in [0.05, 0.1) is 12.0 Å². The number of nitrogens with zero attached hydrogens (tertiary/aromatic N) is 4. The fraction of sp³-hybridized carbons (Fsp3) is 0.185. The Labute approximate surface area is 204 Å². The molecular weight excluding hydrogens is 442 g/mol. The summed E-state index contributed by atoms with van der Waals surface area (Å²) in [5.41, 5.74) is 6.77. The van der Waals surface area contributed by atoms with E-state index >= 15 is 0 Å². The summed E-state index contributed by atoms with van der Waals surface area (Å²) >= 11 is 1.32. The minimum Gasteiger partial charge on any atom is -0.272 e. The summed E-state index contributed by atoms with van der Waals surface area (Å²) in [7, 11) is 0. The summed E-state index contributed by atoms with van der Waals surface area (Å²) in [6, 6.07) is 27.9. The Morgan fingerprint density at radius 2 is 1.59 bits per heavy atom. The molecule has 0 bridgehead atoms. The van der Waals surface area contributed by atoms with E-state index in [4.69, 9.17) is 0 Å². The van der Waals surface area contributed by atoms with Crippen molar-refractivity contribution in [3.8, 4) is 17.1 Å². The van der Waals surface area contributed by atoms with E-state index in [0.29, 0.717) is 5.16 Å². The van der Waals surface area contributed by atoms with Gasteiger partial charge in [-0.2, -0.15) is 5.10 Å². The predicted octanol–water partition coefficient (Wildman–Crippen LogP) is 5.47. The SMILES string of the molecule is CC(C)(C)c1ccc(C=NNC(=O)CSc2nnc(-c3ccccc3)n2-c2ccccc2)cc1. The number of carbonyl (C=O) groups excluding carboxylic acids is 1. The molecule has 0 aliphatic rings. The van der Waals surface area contributed by atoms with Crippen LogP contribution in [0.1, 0.15) is 31.9 Å². The van der Waals surface area contributed by atoms with Crippen molar-refractivity contribution in [2.24, 2.45) is 5.10 Å². The number of rotatable bonds is 7. The van der Waals surface area contributed by atoms with E-state index in [1.807, 2.05) is 77.4 Å². The van der Waals surface area contributed by atoms with E-state index in [9.17, 15) is 4.79 Å². The molecule has 0 unspecified atom stereocenters. The summed E-state index contributed by atoms with van der Waals surface area (Å²) in [6.07, 6.45) is 1.65. The minimum atomic E-state index is -0.212. The monoisotopic (exact) mass is 469 g/mol. The minimum absolute atomic E-state index is 0.0990. The van der Waals surface area contributed by atoms with Crippen LogP contribution >= 0.6 is 11.8 Å². The van der Waals surface area contributed by atoms with E-state index in [1.54, 1.807) is 6.21 Å². The number of benzene rings is 3. The molecule has 4 aromatic rings. The number of hydrogen-bond acceptors (Lipinski definition) is 5. The molecule has 6 nitrogen and oxygen atoms in total. The zero-order valence-electron chi connectivity index (χ0n) is 19.5. The molecule has 1 heterocycles. The zero-order valence-corrected chi connectivity index (χ0v) is 20.3. The van der Waals surface area contributed by atoms with Gasteiger partial charge in [0.25, 0.3) is 5.91 Å². The molecule has 7 heteroatoms. The summed E-state index contributed by atoms with van der Waals surface area (Å²) in [6.45, 7) is 6.53. The van der Waals surface area contributed by atoms with E-state index in [-0.39, 0.29) is 17.1 Å². The average molecular weight is 470 g/mol. The lowest BCUT2D eigenvalue weighted by Crippen LogP contribution is -2.20. The fourth-order valence-corrected chi connectivity index (χ4v) is 4.10. The lowest BCUT2D eigenvalue weighted by molar-refractivity contribution is -0.118. The van der Waals surface area contributed by atoms with Crippen LogP contribution in [0.2, 0.25) is 0 Å². The van der Waals surface area contributed by atoms with Crippen molar-refractivity contribution in [1.82, 2.24) is 20.2 Å². The molecule has 0 aliphatic heterocycles. The van der Waals surface area contributed by atoms with Crippen LogP contribution in [0.4, 0.5) is 0 Å². The topological polar surface area (TPSA) is 72.2 Å². The number of aromatic nitrogens is 3. The van der Waals surface area contributed by atoms with Gasteiger partial charge in [0.2, 0.25) is 0 Å². The maximum atomic E-state index is 12.4. The fourth-order valence-electron chi connectivity index (χ4n) is 3.36. The van der Waals surface area contributed by atoms with Crippen LogP contribution < -0.4 is 5.43 Å². The van der Waals surface area contributed by atoms with Crippen molar-refractivity contribution in [1.29, 1.82) is 0 Å². The van der Waals surface area contributed by atoms with Crippen molar-refractivity contribution in [3.05, 3.63) is 96.1 Å². The molecule has 172 valence electrons. The van der Waals surface area contributed by atoms with Gasteiger partial charge in [-0.3, -0.25) is 9.36 Å². The molecule has 0 radical (unpaired) electrons. The second-order valence-electron chi connectivity index (χ2n) is 8.80. The Morgan fingerprint density at radius 1 is 0.941 bits per heavy atom. The highest BCUT2D eigenvalue weighted by atomic mass is 32.2. The highest BCUT2D eigenvalue weighted by molar-refractivity contribution is 7.99. The number of thioether (sulfide) groups is 1. The van der Waals surface area contributed by atoms with Gasteiger partial charge in [-0.15, -0.1) is 10.2 Å². The molecule has 0 saturated heterocycles. The van der Waals surface area contributed by atoms with Gasteiger partial charge >= 0.3 is 0 Å². The first kappa shape index (κ1) is 23.4. The Hall–Kier alpha value is -3.71. The quantitative estimate of drug-likeness (QED) is 0.221. The van der Waals surface area contributed by atoms with Crippen LogP contribution in [0.15, 0.2) is 95.2 Å². The van der Waals surface area contributed by atoms with Crippen molar-refractivity contribution in [3.63, 3.8) is 0 Å². The van der Waals surface area contributed by atoms with E-state index in [1.165, 1.54) is 17.3 Å². The van der Waals surface area contributed by atoms with Gasteiger partial charge in [-0.1, -0.05) is 105 Å². The molecular formula is C27H27N5OS. The lowest BCUT2D eigenvalue weighted by Gasteiger charge is -2.18. The molecule has 0 atom stereocenters.